The fourth-order valence-electron chi connectivity index (χ4n) is 7.23. The van der Waals surface area contributed by atoms with Crippen LogP contribution in [0.1, 0.15) is 28.5 Å². The fourth-order valence-corrected chi connectivity index (χ4v) is 8.34. The van der Waals surface area contributed by atoms with Gasteiger partial charge < -0.3 is 4.42 Å². The van der Waals surface area contributed by atoms with E-state index in [0.29, 0.717) is 29.6 Å². The Labute approximate surface area is 340 Å². The highest BCUT2D eigenvalue weighted by atomic mass is 32.1. The minimum atomic E-state index is 0.423. The number of aliphatic imine (C=N–C) groups is 3. The molecule has 6 nitrogen and oxygen atoms in total. The number of amidine groups is 2. The zero-order valence-corrected chi connectivity index (χ0v) is 32.7. The number of hydrogen-bond donors (Lipinski definition) is 0. The maximum absolute atomic E-state index is 6.36. The molecular formula is C51H37N5OS. The largest absolute Gasteiger partial charge is 0.452 e. The molecule has 3 aromatic heterocycles. The molecule has 7 heteroatoms. The lowest BCUT2D eigenvalue weighted by Crippen LogP contribution is -2.07. The summed E-state index contributed by atoms with van der Waals surface area (Å²) >= 11 is 1.67. The Bertz CT molecular complexity index is 3050. The van der Waals surface area contributed by atoms with Crippen LogP contribution in [0.3, 0.4) is 0 Å². The maximum Gasteiger partial charge on any atom is 0.180 e. The Morgan fingerprint density at radius 1 is 0.707 bits per heavy atom. The van der Waals surface area contributed by atoms with Crippen LogP contribution < -0.4 is 0 Å². The molecule has 0 fully saturated rings. The van der Waals surface area contributed by atoms with Crippen LogP contribution in [-0.2, 0) is 6.54 Å². The van der Waals surface area contributed by atoms with Crippen molar-refractivity contribution in [1.29, 1.82) is 0 Å². The highest BCUT2D eigenvalue weighted by Gasteiger charge is 2.22. The summed E-state index contributed by atoms with van der Waals surface area (Å²) in [5.74, 6) is 1.67. The van der Waals surface area contributed by atoms with Crippen molar-refractivity contribution in [3.05, 3.63) is 192 Å². The topological polar surface area (TPSA) is 76.0 Å². The van der Waals surface area contributed by atoms with Crippen LogP contribution in [-0.4, -0.2) is 28.4 Å². The number of furan rings is 1. The Balaban J connectivity index is 1.15. The second-order valence-corrected chi connectivity index (χ2v) is 14.7. The van der Waals surface area contributed by atoms with Gasteiger partial charge in [0.15, 0.2) is 23.1 Å². The molecule has 3 heterocycles. The van der Waals surface area contributed by atoms with E-state index >= 15 is 0 Å². The minimum absolute atomic E-state index is 0.423. The molecule has 0 saturated heterocycles. The number of thiophene rings is 1. The van der Waals surface area contributed by atoms with Gasteiger partial charge >= 0.3 is 0 Å². The van der Waals surface area contributed by atoms with E-state index in [9.17, 15) is 0 Å². The van der Waals surface area contributed by atoms with E-state index in [2.05, 4.69) is 103 Å². The van der Waals surface area contributed by atoms with Crippen LogP contribution in [0, 0.1) is 0 Å². The molecule has 0 N–H and O–H groups in total. The van der Waals surface area contributed by atoms with E-state index in [0.717, 1.165) is 76.1 Å². The monoisotopic (exact) mass is 767 g/mol. The van der Waals surface area contributed by atoms with E-state index in [-0.39, 0.29) is 0 Å². The Kier molecular flexibility index (Phi) is 10.0. The molecule has 0 aliphatic heterocycles. The zero-order valence-electron chi connectivity index (χ0n) is 31.8. The molecule has 0 spiro atoms. The number of nitrogens with zero attached hydrogens (tertiary/aromatic N) is 5. The lowest BCUT2D eigenvalue weighted by atomic mass is 9.99. The Morgan fingerprint density at radius 2 is 1.36 bits per heavy atom. The SMILES string of the molecule is C=Cc1sc2cc(-c3nc(-c4ccccc4)c4oc5ccccc5c4n3)ccc2c1/C(=C\C)C(=NCc1ccc(-c2ccccc2)cc1)N=C(N=C)c1ccccc1. The molecule has 6 aromatic carbocycles. The number of allylic oxidation sites excluding steroid dienone is 1. The van der Waals surface area contributed by atoms with E-state index in [1.54, 1.807) is 11.3 Å². The highest BCUT2D eigenvalue weighted by molar-refractivity contribution is 7.20. The maximum atomic E-state index is 6.36. The summed E-state index contributed by atoms with van der Waals surface area (Å²) in [4.78, 5) is 25.9. The number of benzene rings is 6. The van der Waals surface area contributed by atoms with E-state index in [1.165, 1.54) is 5.56 Å². The second kappa shape index (κ2) is 16.0. The summed E-state index contributed by atoms with van der Waals surface area (Å²) in [5, 5.41) is 2.01. The molecule has 0 amide bonds. The number of aromatic nitrogens is 2. The first-order valence-corrected chi connectivity index (χ1v) is 19.8. The van der Waals surface area contributed by atoms with Crippen LogP contribution in [0.2, 0.25) is 0 Å². The van der Waals surface area contributed by atoms with Crippen LogP contribution in [0.25, 0.3) is 77.6 Å². The van der Waals surface area contributed by atoms with Crippen molar-refractivity contribution >= 4 is 73.5 Å². The molecule has 0 saturated carbocycles. The Morgan fingerprint density at radius 3 is 2.07 bits per heavy atom. The van der Waals surface area contributed by atoms with Gasteiger partial charge in [-0.2, -0.15) is 0 Å². The molecule has 9 rings (SSSR count). The molecule has 0 atom stereocenters. The molecule has 0 bridgehead atoms. The first kappa shape index (κ1) is 36.3. The van der Waals surface area contributed by atoms with Gasteiger partial charge in [-0.15, -0.1) is 11.3 Å². The standard InChI is InChI=1S/C51H37N5OS/c1-4-39(51(56-49(52-3)37-21-13-8-14-22-37)53-32-33-25-27-35(28-26-33)34-17-9-6-10-18-34)45-41-30-29-38(31-44(41)58-43(45)5-2)50-54-46(36-19-11-7-12-20-36)48-47(55-50)40-23-15-16-24-42(40)57-48/h4-31H,2-3,32H2,1H3/b39-4+,53-51?,56-49?. The van der Waals surface area contributed by atoms with Crippen molar-refractivity contribution in [3.8, 4) is 33.8 Å². The highest BCUT2D eigenvalue weighted by Crippen LogP contribution is 2.41. The normalized spacial score (nSPS) is 12.4. The van der Waals surface area contributed by atoms with Crippen LogP contribution >= 0.6 is 11.3 Å². The lowest BCUT2D eigenvalue weighted by Gasteiger charge is -2.11. The van der Waals surface area contributed by atoms with Gasteiger partial charge in [0.2, 0.25) is 0 Å². The third-order valence-electron chi connectivity index (χ3n) is 10.1. The van der Waals surface area contributed by atoms with Gasteiger partial charge in [-0.3, -0.25) is 4.99 Å². The summed E-state index contributed by atoms with van der Waals surface area (Å²) in [6, 6.07) is 53.3. The first-order chi connectivity index (χ1) is 28.6. The van der Waals surface area contributed by atoms with Gasteiger partial charge in [0, 0.05) is 48.2 Å². The Hall–Kier alpha value is -7.35. The minimum Gasteiger partial charge on any atom is -0.452 e. The van der Waals surface area contributed by atoms with Crippen molar-refractivity contribution in [2.75, 3.05) is 0 Å². The third kappa shape index (κ3) is 7.00. The molecule has 0 unspecified atom stereocenters. The lowest BCUT2D eigenvalue weighted by molar-refractivity contribution is 0.667. The number of rotatable bonds is 9. The molecule has 0 radical (unpaired) electrons. The summed E-state index contributed by atoms with van der Waals surface area (Å²) in [6.45, 7) is 10.6. The van der Waals surface area contributed by atoms with Gasteiger partial charge in [0.25, 0.3) is 0 Å². The fraction of sp³-hybridized carbons (Fsp3) is 0.0392. The van der Waals surface area contributed by atoms with E-state index in [1.807, 2.05) is 91.9 Å². The van der Waals surface area contributed by atoms with Gasteiger partial charge in [-0.1, -0.05) is 158 Å². The van der Waals surface area contributed by atoms with Gasteiger partial charge in [-0.25, -0.2) is 20.0 Å². The molecule has 9 aromatic rings. The predicted octanol–water partition coefficient (Wildman–Crippen LogP) is 13.4. The van der Waals surface area contributed by atoms with Crippen LogP contribution in [0.15, 0.2) is 190 Å². The third-order valence-corrected chi connectivity index (χ3v) is 11.2. The number of hydrogen-bond acceptors (Lipinski definition) is 5. The average molecular weight is 768 g/mol. The second-order valence-electron chi connectivity index (χ2n) is 13.7. The van der Waals surface area contributed by atoms with Crippen molar-refractivity contribution in [2.45, 2.75) is 13.5 Å². The molecule has 278 valence electrons. The molecular weight excluding hydrogens is 731 g/mol. The van der Waals surface area contributed by atoms with Crippen molar-refractivity contribution in [2.24, 2.45) is 15.0 Å². The van der Waals surface area contributed by atoms with Crippen LogP contribution in [0.5, 0.6) is 0 Å². The van der Waals surface area contributed by atoms with Crippen molar-refractivity contribution in [1.82, 2.24) is 9.97 Å². The van der Waals surface area contributed by atoms with Crippen LogP contribution in [0.4, 0.5) is 0 Å². The number of para-hydroxylation sites is 1. The first-order valence-electron chi connectivity index (χ1n) is 19.0. The summed E-state index contributed by atoms with van der Waals surface area (Å²) in [7, 11) is 0. The summed E-state index contributed by atoms with van der Waals surface area (Å²) in [6.07, 6.45) is 3.98. The van der Waals surface area contributed by atoms with Gasteiger partial charge in [0.05, 0.1) is 6.54 Å². The molecule has 58 heavy (non-hydrogen) atoms. The predicted molar refractivity (Wildman–Crippen MR) is 245 cm³/mol. The molecule has 0 aliphatic rings. The molecule has 0 aliphatic carbocycles. The zero-order chi connectivity index (χ0) is 39.4. The number of fused-ring (bicyclic) bond motifs is 4. The van der Waals surface area contributed by atoms with E-state index in [4.69, 9.17) is 24.4 Å². The average Bonchev–Trinajstić information content (AvgIpc) is 3.86. The smallest absolute Gasteiger partial charge is 0.180 e. The van der Waals surface area contributed by atoms with Gasteiger partial charge in [0.1, 0.15) is 16.8 Å². The van der Waals surface area contributed by atoms with Crippen molar-refractivity contribution in [3.63, 3.8) is 0 Å². The summed E-state index contributed by atoms with van der Waals surface area (Å²) in [5.41, 5.74) is 11.0. The quantitative estimate of drug-likeness (QED) is 0.108. The van der Waals surface area contributed by atoms with E-state index < -0.39 is 0 Å². The van der Waals surface area contributed by atoms with Gasteiger partial charge in [-0.05, 0) is 48.5 Å². The van der Waals surface area contributed by atoms with Crippen molar-refractivity contribution < 1.29 is 4.42 Å². The summed E-state index contributed by atoms with van der Waals surface area (Å²) < 4.78 is 7.42.